The van der Waals surface area contributed by atoms with E-state index in [1.807, 2.05) is 11.8 Å². The molecule has 8 nitrogen and oxygen atoms in total. The second kappa shape index (κ2) is 8.79. The van der Waals surface area contributed by atoms with E-state index < -0.39 is 4.92 Å². The highest BCUT2D eigenvalue weighted by molar-refractivity contribution is 5.94. The average Bonchev–Trinajstić information content (AvgIpc) is 2.60. The van der Waals surface area contributed by atoms with E-state index >= 15 is 0 Å². The van der Waals surface area contributed by atoms with E-state index in [9.17, 15) is 19.7 Å². The molecule has 0 unspecified atom stereocenters. The molecule has 0 saturated heterocycles. The topological polar surface area (TPSA) is 105 Å². The number of likely N-dealkylation sites (N-methyl/N-ethyl adjacent to an activating group) is 1. The van der Waals surface area contributed by atoms with Crippen LogP contribution in [0.25, 0.3) is 0 Å². The van der Waals surface area contributed by atoms with Gasteiger partial charge in [-0.3, -0.25) is 19.7 Å². The molecule has 0 aliphatic carbocycles. The van der Waals surface area contributed by atoms with Gasteiger partial charge in [-0.15, -0.1) is 0 Å². The van der Waals surface area contributed by atoms with Crippen molar-refractivity contribution < 1.29 is 14.5 Å². The number of carbonyl (C=O) groups is 2. The first kappa shape index (κ1) is 19.9. The van der Waals surface area contributed by atoms with Crippen molar-refractivity contribution in [3.8, 4) is 0 Å². The standard InChI is InChI=1S/C19H22N4O4/c1-4-22(17-9-10-18(23(26)27)13(2)11-17)12-19(25)21-16-7-5-15(6-8-16)20-14(3)24/h5-11H,4,12H2,1-3H3,(H,20,24)(H,21,25). The fourth-order valence-electron chi connectivity index (χ4n) is 2.64. The van der Waals surface area contributed by atoms with Crippen molar-refractivity contribution in [1.29, 1.82) is 0 Å². The Balaban J connectivity index is 2.03. The SMILES string of the molecule is CCN(CC(=O)Nc1ccc(NC(C)=O)cc1)c1ccc([N+](=O)[O-])c(C)c1. The minimum absolute atomic E-state index is 0.0542. The Labute approximate surface area is 157 Å². The average molecular weight is 370 g/mol. The molecule has 0 fully saturated rings. The lowest BCUT2D eigenvalue weighted by atomic mass is 10.1. The molecule has 0 atom stereocenters. The molecule has 0 heterocycles. The normalized spacial score (nSPS) is 10.2. The lowest BCUT2D eigenvalue weighted by molar-refractivity contribution is -0.385. The molecule has 142 valence electrons. The summed E-state index contributed by atoms with van der Waals surface area (Å²) in [6.07, 6.45) is 0. The zero-order valence-electron chi connectivity index (χ0n) is 15.5. The Hall–Kier alpha value is -3.42. The first-order chi connectivity index (χ1) is 12.8. The quantitative estimate of drug-likeness (QED) is 0.575. The summed E-state index contributed by atoms with van der Waals surface area (Å²) in [6, 6.07) is 11.6. The van der Waals surface area contributed by atoms with Crippen LogP contribution in [0.4, 0.5) is 22.7 Å². The first-order valence-corrected chi connectivity index (χ1v) is 8.47. The van der Waals surface area contributed by atoms with Gasteiger partial charge < -0.3 is 15.5 Å². The van der Waals surface area contributed by atoms with Crippen LogP contribution in [0.3, 0.4) is 0 Å². The highest BCUT2D eigenvalue weighted by atomic mass is 16.6. The van der Waals surface area contributed by atoms with Gasteiger partial charge in [-0.25, -0.2) is 0 Å². The van der Waals surface area contributed by atoms with E-state index in [1.165, 1.54) is 13.0 Å². The van der Waals surface area contributed by atoms with E-state index in [4.69, 9.17) is 0 Å². The third kappa shape index (κ3) is 5.53. The van der Waals surface area contributed by atoms with Gasteiger partial charge in [0.2, 0.25) is 11.8 Å². The van der Waals surface area contributed by atoms with Gasteiger partial charge >= 0.3 is 0 Å². The van der Waals surface area contributed by atoms with Crippen molar-refractivity contribution in [1.82, 2.24) is 0 Å². The van der Waals surface area contributed by atoms with Crippen molar-refractivity contribution in [3.05, 3.63) is 58.1 Å². The van der Waals surface area contributed by atoms with Gasteiger partial charge in [0.25, 0.3) is 5.69 Å². The van der Waals surface area contributed by atoms with Gasteiger partial charge in [0, 0.05) is 42.2 Å². The van der Waals surface area contributed by atoms with Crippen LogP contribution in [0.15, 0.2) is 42.5 Å². The van der Waals surface area contributed by atoms with Gasteiger partial charge in [-0.2, -0.15) is 0 Å². The number of nitrogens with zero attached hydrogens (tertiary/aromatic N) is 2. The molecule has 0 aliphatic rings. The zero-order valence-corrected chi connectivity index (χ0v) is 15.5. The molecular formula is C19H22N4O4. The number of carbonyl (C=O) groups excluding carboxylic acids is 2. The Bertz CT molecular complexity index is 849. The number of anilines is 3. The van der Waals surface area contributed by atoms with E-state index in [0.29, 0.717) is 23.5 Å². The van der Waals surface area contributed by atoms with Crippen molar-refractivity contribution in [3.63, 3.8) is 0 Å². The van der Waals surface area contributed by atoms with Gasteiger partial charge in [-0.1, -0.05) is 0 Å². The third-order valence-electron chi connectivity index (χ3n) is 3.95. The van der Waals surface area contributed by atoms with Crippen molar-refractivity contribution in [2.45, 2.75) is 20.8 Å². The molecule has 2 N–H and O–H groups in total. The maximum absolute atomic E-state index is 12.3. The van der Waals surface area contributed by atoms with E-state index in [2.05, 4.69) is 10.6 Å². The summed E-state index contributed by atoms with van der Waals surface area (Å²) in [6.45, 7) is 5.70. The lowest BCUT2D eigenvalue weighted by Gasteiger charge is -2.23. The Morgan fingerprint density at radius 3 is 2.15 bits per heavy atom. The summed E-state index contributed by atoms with van der Waals surface area (Å²) in [5, 5.41) is 16.4. The molecule has 2 aromatic rings. The van der Waals surface area contributed by atoms with Crippen LogP contribution >= 0.6 is 0 Å². The number of nitro benzene ring substituents is 1. The largest absolute Gasteiger partial charge is 0.362 e. The summed E-state index contributed by atoms with van der Waals surface area (Å²) in [4.78, 5) is 35.7. The highest BCUT2D eigenvalue weighted by Crippen LogP contribution is 2.24. The predicted molar refractivity (Wildman–Crippen MR) is 105 cm³/mol. The van der Waals surface area contributed by atoms with Crippen LogP contribution in [0.2, 0.25) is 0 Å². The zero-order chi connectivity index (χ0) is 20.0. The van der Waals surface area contributed by atoms with Crippen molar-refractivity contribution >= 4 is 34.6 Å². The minimum Gasteiger partial charge on any atom is -0.362 e. The van der Waals surface area contributed by atoms with Crippen molar-refractivity contribution in [2.24, 2.45) is 0 Å². The predicted octanol–water partition coefficient (Wildman–Crippen LogP) is 3.33. The van der Waals surface area contributed by atoms with Crippen LogP contribution < -0.4 is 15.5 Å². The van der Waals surface area contributed by atoms with Crippen LogP contribution in [-0.2, 0) is 9.59 Å². The van der Waals surface area contributed by atoms with E-state index in [0.717, 1.165) is 5.69 Å². The lowest BCUT2D eigenvalue weighted by Crippen LogP contribution is -2.33. The summed E-state index contributed by atoms with van der Waals surface area (Å²) in [7, 11) is 0. The molecule has 2 amide bonds. The summed E-state index contributed by atoms with van der Waals surface area (Å²) >= 11 is 0. The second-order valence-corrected chi connectivity index (χ2v) is 6.05. The first-order valence-electron chi connectivity index (χ1n) is 8.47. The van der Waals surface area contributed by atoms with Gasteiger partial charge in [0.05, 0.1) is 11.5 Å². The minimum atomic E-state index is -0.424. The van der Waals surface area contributed by atoms with Gasteiger partial charge in [0.1, 0.15) is 0 Å². The number of aryl methyl sites for hydroxylation is 1. The van der Waals surface area contributed by atoms with Crippen molar-refractivity contribution in [2.75, 3.05) is 28.6 Å². The fourth-order valence-corrected chi connectivity index (χ4v) is 2.64. The molecule has 0 aliphatic heterocycles. The highest BCUT2D eigenvalue weighted by Gasteiger charge is 2.15. The number of hydrogen-bond donors (Lipinski definition) is 2. The van der Waals surface area contributed by atoms with E-state index in [1.54, 1.807) is 43.3 Å². The molecule has 2 aromatic carbocycles. The van der Waals surface area contributed by atoms with Gasteiger partial charge in [-0.05, 0) is 50.2 Å². The van der Waals surface area contributed by atoms with Crippen LogP contribution in [-0.4, -0.2) is 29.8 Å². The molecule has 2 rings (SSSR count). The molecule has 0 bridgehead atoms. The number of nitro groups is 1. The Morgan fingerprint density at radius 2 is 1.67 bits per heavy atom. The number of hydrogen-bond acceptors (Lipinski definition) is 5. The number of rotatable bonds is 7. The Kier molecular flexibility index (Phi) is 6.48. The number of amides is 2. The van der Waals surface area contributed by atoms with E-state index in [-0.39, 0.29) is 24.0 Å². The molecule has 0 radical (unpaired) electrons. The third-order valence-corrected chi connectivity index (χ3v) is 3.95. The molecule has 27 heavy (non-hydrogen) atoms. The monoisotopic (exact) mass is 370 g/mol. The smallest absolute Gasteiger partial charge is 0.272 e. The summed E-state index contributed by atoms with van der Waals surface area (Å²) in [5.41, 5.74) is 2.61. The Morgan fingerprint density at radius 1 is 1.07 bits per heavy atom. The van der Waals surface area contributed by atoms with Crippen LogP contribution in [0, 0.1) is 17.0 Å². The summed E-state index contributed by atoms with van der Waals surface area (Å²) < 4.78 is 0. The molecular weight excluding hydrogens is 348 g/mol. The molecule has 0 spiro atoms. The number of nitrogens with one attached hydrogen (secondary N) is 2. The second-order valence-electron chi connectivity index (χ2n) is 6.05. The van der Waals surface area contributed by atoms with Gasteiger partial charge in [0.15, 0.2) is 0 Å². The van der Waals surface area contributed by atoms with Crippen LogP contribution in [0.1, 0.15) is 19.4 Å². The van der Waals surface area contributed by atoms with Crippen LogP contribution in [0.5, 0.6) is 0 Å². The maximum atomic E-state index is 12.3. The molecule has 0 saturated carbocycles. The molecule has 0 aromatic heterocycles. The molecule has 8 heteroatoms. The maximum Gasteiger partial charge on any atom is 0.272 e. The summed E-state index contributed by atoms with van der Waals surface area (Å²) in [5.74, 6) is -0.371. The number of benzene rings is 2. The fraction of sp³-hybridized carbons (Fsp3) is 0.263.